The van der Waals surface area contributed by atoms with Crippen molar-refractivity contribution in [2.75, 3.05) is 5.73 Å². The van der Waals surface area contributed by atoms with Crippen LogP contribution in [0.4, 0.5) is 10.3 Å². The van der Waals surface area contributed by atoms with Gasteiger partial charge in [-0.3, -0.25) is 4.57 Å². The standard InChI is InChI=1S/C14H10BrClFN3/c1-7-2-3-8(15)4-12(7)20-13-5-9(16)10(17)6-11(13)19-14(20)18/h2-6H,1H3,(H2,18,19). The zero-order chi connectivity index (χ0) is 14.4. The van der Waals surface area contributed by atoms with E-state index in [2.05, 4.69) is 20.9 Å². The highest BCUT2D eigenvalue weighted by atomic mass is 79.9. The predicted octanol–water partition coefficient (Wildman–Crippen LogP) is 4.47. The molecule has 0 fully saturated rings. The van der Waals surface area contributed by atoms with Crippen LogP contribution in [0, 0.1) is 12.7 Å². The third-order valence-electron chi connectivity index (χ3n) is 3.13. The smallest absolute Gasteiger partial charge is 0.205 e. The molecule has 6 heteroatoms. The van der Waals surface area contributed by atoms with Crippen molar-refractivity contribution in [1.82, 2.24) is 9.55 Å². The zero-order valence-electron chi connectivity index (χ0n) is 10.5. The average molecular weight is 355 g/mol. The molecule has 0 aliphatic heterocycles. The lowest BCUT2D eigenvalue weighted by Crippen LogP contribution is -2.02. The van der Waals surface area contributed by atoms with Gasteiger partial charge in [-0.25, -0.2) is 9.37 Å². The molecule has 0 atom stereocenters. The van der Waals surface area contributed by atoms with Crippen LogP contribution in [0.3, 0.4) is 0 Å². The first-order valence-electron chi connectivity index (χ1n) is 5.87. The summed E-state index contributed by atoms with van der Waals surface area (Å²) in [6, 6.07) is 8.68. The first-order valence-corrected chi connectivity index (χ1v) is 7.04. The molecule has 0 amide bonds. The number of hydrogen-bond donors (Lipinski definition) is 1. The van der Waals surface area contributed by atoms with Crippen LogP contribution in [0.1, 0.15) is 5.56 Å². The Balaban J connectivity index is 2.38. The van der Waals surface area contributed by atoms with Crippen molar-refractivity contribution < 1.29 is 4.39 Å². The van der Waals surface area contributed by atoms with Crippen LogP contribution in [-0.2, 0) is 0 Å². The maximum absolute atomic E-state index is 13.5. The van der Waals surface area contributed by atoms with Gasteiger partial charge in [0.1, 0.15) is 5.82 Å². The van der Waals surface area contributed by atoms with Gasteiger partial charge in [-0.2, -0.15) is 0 Å². The number of halogens is 3. The van der Waals surface area contributed by atoms with E-state index in [0.717, 1.165) is 15.7 Å². The molecule has 0 saturated heterocycles. The topological polar surface area (TPSA) is 43.8 Å². The highest BCUT2D eigenvalue weighted by Crippen LogP contribution is 2.30. The van der Waals surface area contributed by atoms with Crippen LogP contribution in [0.2, 0.25) is 5.02 Å². The second-order valence-electron chi connectivity index (χ2n) is 4.49. The Labute approximate surface area is 128 Å². The second kappa shape index (κ2) is 4.75. The van der Waals surface area contributed by atoms with Gasteiger partial charge in [0.15, 0.2) is 0 Å². The third-order valence-corrected chi connectivity index (χ3v) is 3.92. The molecule has 20 heavy (non-hydrogen) atoms. The van der Waals surface area contributed by atoms with E-state index in [1.165, 1.54) is 12.1 Å². The van der Waals surface area contributed by atoms with E-state index in [4.69, 9.17) is 17.3 Å². The van der Waals surface area contributed by atoms with Crippen LogP contribution >= 0.6 is 27.5 Å². The molecule has 0 bridgehead atoms. The molecule has 0 radical (unpaired) electrons. The summed E-state index contributed by atoms with van der Waals surface area (Å²) < 4.78 is 16.2. The Hall–Kier alpha value is -1.59. The van der Waals surface area contributed by atoms with Crippen molar-refractivity contribution in [2.24, 2.45) is 0 Å². The minimum absolute atomic E-state index is 0.0475. The van der Waals surface area contributed by atoms with Crippen LogP contribution in [0.15, 0.2) is 34.8 Å². The summed E-state index contributed by atoms with van der Waals surface area (Å²) in [5.41, 5.74) is 9.03. The van der Waals surface area contributed by atoms with Crippen LogP contribution in [0.5, 0.6) is 0 Å². The lowest BCUT2D eigenvalue weighted by atomic mass is 10.2. The number of nitrogens with zero attached hydrogens (tertiary/aromatic N) is 2. The third kappa shape index (κ3) is 2.07. The van der Waals surface area contributed by atoms with E-state index in [9.17, 15) is 4.39 Å². The summed E-state index contributed by atoms with van der Waals surface area (Å²) in [4.78, 5) is 4.19. The number of aromatic nitrogens is 2. The number of hydrogen-bond acceptors (Lipinski definition) is 2. The fourth-order valence-corrected chi connectivity index (χ4v) is 2.67. The van der Waals surface area contributed by atoms with Gasteiger partial charge in [0.2, 0.25) is 5.95 Å². The highest BCUT2D eigenvalue weighted by Gasteiger charge is 2.14. The van der Waals surface area contributed by atoms with Crippen molar-refractivity contribution in [1.29, 1.82) is 0 Å². The molecule has 3 aromatic rings. The summed E-state index contributed by atoms with van der Waals surface area (Å²) in [5, 5.41) is 0.0475. The lowest BCUT2D eigenvalue weighted by molar-refractivity contribution is 0.630. The van der Waals surface area contributed by atoms with Crippen LogP contribution in [0.25, 0.3) is 16.7 Å². The predicted molar refractivity (Wildman–Crippen MR) is 82.9 cm³/mol. The number of anilines is 1. The molecule has 0 aliphatic carbocycles. The molecule has 0 aliphatic rings. The van der Waals surface area contributed by atoms with Gasteiger partial charge in [0, 0.05) is 10.5 Å². The molecule has 1 aromatic heterocycles. The number of nitrogens with two attached hydrogens (primary N) is 1. The number of nitrogen functional groups attached to an aromatic ring is 1. The molecular weight excluding hydrogens is 345 g/mol. The van der Waals surface area contributed by atoms with Gasteiger partial charge in [-0.1, -0.05) is 33.6 Å². The van der Waals surface area contributed by atoms with Gasteiger partial charge in [0.25, 0.3) is 0 Å². The van der Waals surface area contributed by atoms with E-state index < -0.39 is 5.82 Å². The molecule has 2 aromatic carbocycles. The molecule has 2 N–H and O–H groups in total. The SMILES string of the molecule is Cc1ccc(Br)cc1-n1c(N)nc2cc(F)c(Cl)cc21. The summed E-state index contributed by atoms with van der Waals surface area (Å²) in [6.45, 7) is 1.97. The summed E-state index contributed by atoms with van der Waals surface area (Å²) in [7, 11) is 0. The van der Waals surface area contributed by atoms with Crippen molar-refractivity contribution in [3.63, 3.8) is 0 Å². The molecule has 3 nitrogen and oxygen atoms in total. The minimum atomic E-state index is -0.505. The van der Waals surface area contributed by atoms with E-state index in [1.54, 1.807) is 4.57 Å². The molecular formula is C14H10BrClFN3. The fraction of sp³-hybridized carbons (Fsp3) is 0.0714. The quantitative estimate of drug-likeness (QED) is 0.700. The van der Waals surface area contributed by atoms with Crippen molar-refractivity contribution in [3.05, 3.63) is 51.2 Å². The van der Waals surface area contributed by atoms with Crippen LogP contribution in [-0.4, -0.2) is 9.55 Å². The van der Waals surface area contributed by atoms with E-state index >= 15 is 0 Å². The van der Waals surface area contributed by atoms with E-state index in [-0.39, 0.29) is 5.02 Å². The molecule has 0 spiro atoms. The number of rotatable bonds is 1. The number of benzene rings is 2. The summed E-state index contributed by atoms with van der Waals surface area (Å²) >= 11 is 9.30. The second-order valence-corrected chi connectivity index (χ2v) is 5.81. The van der Waals surface area contributed by atoms with Gasteiger partial charge < -0.3 is 5.73 Å². The Kier molecular flexibility index (Phi) is 3.18. The number of fused-ring (bicyclic) bond motifs is 1. The Morgan fingerprint density at radius 3 is 2.80 bits per heavy atom. The summed E-state index contributed by atoms with van der Waals surface area (Å²) in [5.74, 6) is -0.211. The Morgan fingerprint density at radius 1 is 1.30 bits per heavy atom. The molecule has 102 valence electrons. The van der Waals surface area contributed by atoms with E-state index in [1.807, 2.05) is 25.1 Å². The largest absolute Gasteiger partial charge is 0.369 e. The monoisotopic (exact) mass is 353 g/mol. The molecule has 0 unspecified atom stereocenters. The van der Waals surface area contributed by atoms with Gasteiger partial charge in [0.05, 0.1) is 21.7 Å². The van der Waals surface area contributed by atoms with Crippen molar-refractivity contribution in [3.8, 4) is 5.69 Å². The van der Waals surface area contributed by atoms with Crippen molar-refractivity contribution >= 4 is 44.5 Å². The maximum atomic E-state index is 13.5. The normalized spacial score (nSPS) is 11.2. The first kappa shape index (κ1) is 13.4. The lowest BCUT2D eigenvalue weighted by Gasteiger charge is -2.10. The molecule has 1 heterocycles. The number of aryl methyl sites for hydroxylation is 1. The molecule has 3 rings (SSSR count). The van der Waals surface area contributed by atoms with E-state index in [0.29, 0.717) is 17.0 Å². The molecule has 0 saturated carbocycles. The Morgan fingerprint density at radius 2 is 2.05 bits per heavy atom. The van der Waals surface area contributed by atoms with Crippen LogP contribution < -0.4 is 5.73 Å². The minimum Gasteiger partial charge on any atom is -0.369 e. The fourth-order valence-electron chi connectivity index (χ4n) is 2.17. The van der Waals surface area contributed by atoms with Gasteiger partial charge in [-0.15, -0.1) is 0 Å². The van der Waals surface area contributed by atoms with Gasteiger partial charge >= 0.3 is 0 Å². The van der Waals surface area contributed by atoms with Gasteiger partial charge in [-0.05, 0) is 30.7 Å². The number of imidazole rings is 1. The first-order chi connectivity index (χ1) is 9.47. The zero-order valence-corrected chi connectivity index (χ0v) is 12.8. The maximum Gasteiger partial charge on any atom is 0.205 e. The Bertz CT molecular complexity index is 829. The average Bonchev–Trinajstić information content (AvgIpc) is 2.69. The van der Waals surface area contributed by atoms with Crippen molar-refractivity contribution in [2.45, 2.75) is 6.92 Å². The highest BCUT2D eigenvalue weighted by molar-refractivity contribution is 9.10. The summed E-state index contributed by atoms with van der Waals surface area (Å²) in [6.07, 6.45) is 0.